The van der Waals surface area contributed by atoms with Crippen molar-refractivity contribution < 1.29 is 0 Å². The van der Waals surface area contributed by atoms with Crippen molar-refractivity contribution in [1.82, 2.24) is 20.0 Å². The van der Waals surface area contributed by atoms with E-state index in [2.05, 4.69) is 56.7 Å². The molecule has 1 fully saturated rings. The van der Waals surface area contributed by atoms with Crippen LogP contribution >= 0.6 is 24.0 Å². The first-order valence-corrected chi connectivity index (χ1v) is 9.97. The molecule has 1 aliphatic rings. The third-order valence-electron chi connectivity index (χ3n) is 5.27. The minimum absolute atomic E-state index is 0. The zero-order chi connectivity index (χ0) is 19.3. The molecule has 0 bridgehead atoms. The van der Waals surface area contributed by atoms with E-state index in [0.717, 1.165) is 30.4 Å². The van der Waals surface area contributed by atoms with Crippen molar-refractivity contribution in [1.29, 1.82) is 0 Å². The van der Waals surface area contributed by atoms with Gasteiger partial charge in [-0.15, -0.1) is 24.0 Å². The van der Waals surface area contributed by atoms with E-state index in [-0.39, 0.29) is 30.0 Å². The second-order valence-electron chi connectivity index (χ2n) is 7.28. The lowest BCUT2D eigenvalue weighted by atomic mass is 10.1. The van der Waals surface area contributed by atoms with E-state index in [1.54, 1.807) is 7.05 Å². The van der Waals surface area contributed by atoms with Crippen molar-refractivity contribution in [3.63, 3.8) is 0 Å². The predicted octanol–water partition coefficient (Wildman–Crippen LogP) is 3.98. The lowest BCUT2D eigenvalue weighted by Crippen LogP contribution is -2.38. The fourth-order valence-corrected chi connectivity index (χ4v) is 3.70. The lowest BCUT2D eigenvalue weighted by Gasteiger charge is -2.22. The number of hydrogen-bond acceptors (Lipinski definition) is 3. The molecule has 2 N–H and O–H groups in total. The monoisotopic (exact) mass is 504 g/mol. The molecule has 1 unspecified atom stereocenters. The van der Waals surface area contributed by atoms with E-state index in [1.807, 2.05) is 35.0 Å². The van der Waals surface area contributed by atoms with Crippen molar-refractivity contribution in [2.75, 3.05) is 25.0 Å². The van der Waals surface area contributed by atoms with Gasteiger partial charge in [0.25, 0.3) is 0 Å². The van der Waals surface area contributed by atoms with Gasteiger partial charge in [0.2, 0.25) is 0 Å². The van der Waals surface area contributed by atoms with Gasteiger partial charge in [0.1, 0.15) is 5.65 Å². The molecule has 154 valence electrons. The maximum atomic E-state index is 4.62. The smallest absolute Gasteiger partial charge is 0.191 e. The van der Waals surface area contributed by atoms with Gasteiger partial charge in [-0.25, -0.2) is 4.98 Å². The van der Waals surface area contributed by atoms with Gasteiger partial charge in [0.15, 0.2) is 5.96 Å². The molecular weight excluding hydrogens is 475 g/mol. The molecule has 0 aliphatic carbocycles. The Morgan fingerprint density at radius 2 is 2.00 bits per heavy atom. The van der Waals surface area contributed by atoms with Crippen LogP contribution in [-0.4, -0.2) is 35.5 Å². The summed E-state index contributed by atoms with van der Waals surface area (Å²) in [6, 6.07) is 15.0. The average molecular weight is 504 g/mol. The first kappa shape index (κ1) is 21.4. The number of nitrogens with zero attached hydrogens (tertiary/aromatic N) is 4. The second-order valence-corrected chi connectivity index (χ2v) is 7.28. The molecule has 4 rings (SSSR count). The molecule has 7 heteroatoms. The second kappa shape index (κ2) is 9.96. The largest absolute Gasteiger partial charge is 0.372 e. The van der Waals surface area contributed by atoms with Crippen LogP contribution in [0.3, 0.4) is 0 Å². The minimum atomic E-state index is 0. The molecule has 1 aliphatic heterocycles. The fraction of sp³-hybridized carbons (Fsp3) is 0.364. The summed E-state index contributed by atoms with van der Waals surface area (Å²) in [6.45, 7) is 5.11. The highest BCUT2D eigenvalue weighted by Gasteiger charge is 2.14. The number of anilines is 1. The van der Waals surface area contributed by atoms with Gasteiger partial charge in [0.05, 0.1) is 18.3 Å². The van der Waals surface area contributed by atoms with Gasteiger partial charge in [-0.2, -0.15) is 0 Å². The van der Waals surface area contributed by atoms with E-state index in [0.29, 0.717) is 6.54 Å². The number of hydrogen-bond donors (Lipinski definition) is 2. The fourth-order valence-electron chi connectivity index (χ4n) is 3.70. The quantitative estimate of drug-likeness (QED) is 0.314. The van der Waals surface area contributed by atoms with E-state index < -0.39 is 0 Å². The number of nitrogens with one attached hydrogen (secondary N) is 2. The normalized spacial score (nSPS) is 15.2. The number of aromatic nitrogens is 2. The zero-order valence-electron chi connectivity index (χ0n) is 17.0. The van der Waals surface area contributed by atoms with Crippen molar-refractivity contribution >= 4 is 41.3 Å². The van der Waals surface area contributed by atoms with Crippen molar-refractivity contribution in [3.05, 3.63) is 66.1 Å². The average Bonchev–Trinajstić information content (AvgIpc) is 3.40. The van der Waals surface area contributed by atoms with Crippen LogP contribution in [-0.2, 0) is 6.54 Å². The van der Waals surface area contributed by atoms with Gasteiger partial charge in [-0.3, -0.25) is 4.99 Å². The van der Waals surface area contributed by atoms with E-state index in [1.165, 1.54) is 24.1 Å². The van der Waals surface area contributed by atoms with Crippen LogP contribution in [0, 0.1) is 0 Å². The third-order valence-corrected chi connectivity index (χ3v) is 5.27. The topological polar surface area (TPSA) is 57.0 Å². The highest BCUT2D eigenvalue weighted by molar-refractivity contribution is 14.0. The van der Waals surface area contributed by atoms with Crippen LogP contribution in [0.25, 0.3) is 5.65 Å². The molecule has 0 radical (unpaired) electrons. The first-order chi connectivity index (χ1) is 13.7. The summed E-state index contributed by atoms with van der Waals surface area (Å²) in [4.78, 5) is 11.5. The summed E-state index contributed by atoms with van der Waals surface area (Å²) >= 11 is 0. The van der Waals surface area contributed by atoms with Gasteiger partial charge in [-0.1, -0.05) is 18.2 Å². The number of rotatable bonds is 5. The molecule has 1 atom stereocenters. The van der Waals surface area contributed by atoms with Crippen LogP contribution in [0.2, 0.25) is 0 Å². The van der Waals surface area contributed by atoms with Crippen molar-refractivity contribution in [3.8, 4) is 0 Å². The Balaban J connectivity index is 0.00000240. The van der Waals surface area contributed by atoms with Crippen LogP contribution in [0.4, 0.5) is 5.69 Å². The Kier molecular flexibility index (Phi) is 7.35. The maximum Gasteiger partial charge on any atom is 0.191 e. The molecular formula is C22H29IN6. The van der Waals surface area contributed by atoms with Crippen LogP contribution in [0.1, 0.15) is 37.1 Å². The van der Waals surface area contributed by atoms with Crippen LogP contribution < -0.4 is 15.5 Å². The number of pyridine rings is 1. The predicted molar refractivity (Wildman–Crippen MR) is 130 cm³/mol. The van der Waals surface area contributed by atoms with E-state index in [9.17, 15) is 0 Å². The summed E-state index contributed by atoms with van der Waals surface area (Å²) in [6.07, 6.45) is 6.63. The summed E-state index contributed by atoms with van der Waals surface area (Å²) < 4.78 is 2.03. The Morgan fingerprint density at radius 3 is 2.76 bits per heavy atom. The standard InChI is InChI=1S/C22H28N6.HI/c1-17(18-8-7-9-20(14-18)27-11-5-6-12-27)25-22(23-2)24-15-19-16-28-13-4-3-10-21(28)26-19;/h3-4,7-10,13-14,16-17H,5-6,11-12,15H2,1-2H3,(H2,23,24,25);1H. The molecule has 29 heavy (non-hydrogen) atoms. The molecule has 3 aromatic rings. The Bertz CT molecular complexity index is 928. The molecule has 6 nitrogen and oxygen atoms in total. The Hall–Kier alpha value is -2.29. The molecule has 2 aromatic heterocycles. The van der Waals surface area contributed by atoms with Crippen molar-refractivity contribution in [2.45, 2.75) is 32.4 Å². The summed E-state index contributed by atoms with van der Waals surface area (Å²) in [5, 5.41) is 6.86. The Morgan fingerprint density at radius 1 is 1.17 bits per heavy atom. The maximum absolute atomic E-state index is 4.62. The SMILES string of the molecule is CN=C(NCc1cn2ccccc2n1)NC(C)c1cccc(N2CCCC2)c1.I. The molecule has 3 heterocycles. The summed E-state index contributed by atoms with van der Waals surface area (Å²) in [7, 11) is 1.80. The number of guanidine groups is 1. The molecule has 0 amide bonds. The van der Waals surface area contributed by atoms with Gasteiger partial charge in [-0.05, 0) is 49.6 Å². The highest BCUT2D eigenvalue weighted by atomic mass is 127. The van der Waals surface area contributed by atoms with Gasteiger partial charge in [0, 0.05) is 38.2 Å². The summed E-state index contributed by atoms with van der Waals surface area (Å²) in [5.74, 6) is 0.774. The number of halogens is 1. The summed E-state index contributed by atoms with van der Waals surface area (Å²) in [5.41, 5.74) is 4.52. The molecule has 0 saturated carbocycles. The number of imidazole rings is 1. The Labute approximate surface area is 189 Å². The first-order valence-electron chi connectivity index (χ1n) is 9.97. The van der Waals surface area contributed by atoms with Crippen LogP contribution in [0.5, 0.6) is 0 Å². The van der Waals surface area contributed by atoms with E-state index in [4.69, 9.17) is 0 Å². The number of aliphatic imine (C=N–C) groups is 1. The molecule has 0 spiro atoms. The molecule has 1 aromatic carbocycles. The van der Waals surface area contributed by atoms with Gasteiger partial charge >= 0.3 is 0 Å². The third kappa shape index (κ3) is 5.20. The van der Waals surface area contributed by atoms with Gasteiger partial charge < -0.3 is 19.9 Å². The highest BCUT2D eigenvalue weighted by Crippen LogP contribution is 2.23. The van der Waals surface area contributed by atoms with Crippen LogP contribution in [0.15, 0.2) is 59.9 Å². The van der Waals surface area contributed by atoms with Crippen molar-refractivity contribution in [2.24, 2.45) is 4.99 Å². The number of benzene rings is 1. The zero-order valence-corrected chi connectivity index (χ0v) is 19.3. The minimum Gasteiger partial charge on any atom is -0.372 e. The van der Waals surface area contributed by atoms with E-state index >= 15 is 0 Å². The number of fused-ring (bicyclic) bond motifs is 1. The lowest BCUT2D eigenvalue weighted by molar-refractivity contribution is 0.683. The molecule has 1 saturated heterocycles.